The number of carbonyl (C=O) groups excluding carboxylic acids is 1. The summed E-state index contributed by atoms with van der Waals surface area (Å²) < 4.78 is 11.0. The number of benzene rings is 1. The molecular weight excluding hydrogens is 302 g/mol. The molecule has 1 aliphatic heterocycles. The Morgan fingerprint density at radius 2 is 2.00 bits per heavy atom. The molecule has 0 bridgehead atoms. The van der Waals surface area contributed by atoms with Crippen LogP contribution in [0.25, 0.3) is 0 Å². The molecule has 132 valence electrons. The highest BCUT2D eigenvalue weighted by atomic mass is 16.5. The van der Waals surface area contributed by atoms with Gasteiger partial charge in [0, 0.05) is 25.6 Å². The number of hydrogen-bond donors (Lipinski definition) is 0. The van der Waals surface area contributed by atoms with Crippen LogP contribution in [0.15, 0.2) is 24.3 Å². The van der Waals surface area contributed by atoms with E-state index in [1.165, 1.54) is 18.4 Å². The van der Waals surface area contributed by atoms with Crippen LogP contribution < -0.4 is 0 Å². The van der Waals surface area contributed by atoms with Crippen LogP contribution in [0.4, 0.5) is 0 Å². The van der Waals surface area contributed by atoms with Crippen LogP contribution in [0, 0.1) is 5.92 Å². The van der Waals surface area contributed by atoms with Gasteiger partial charge < -0.3 is 9.47 Å². The Labute approximate surface area is 145 Å². The predicted octanol–water partition coefficient (Wildman–Crippen LogP) is 3.64. The molecule has 4 nitrogen and oxygen atoms in total. The van der Waals surface area contributed by atoms with Crippen LogP contribution in [-0.2, 0) is 16.0 Å². The van der Waals surface area contributed by atoms with Gasteiger partial charge in [-0.2, -0.15) is 0 Å². The van der Waals surface area contributed by atoms with Crippen LogP contribution in [0.1, 0.15) is 55.5 Å². The summed E-state index contributed by atoms with van der Waals surface area (Å²) in [6, 6.07) is 8.62. The number of hydrogen-bond acceptors (Lipinski definition) is 4. The summed E-state index contributed by atoms with van der Waals surface area (Å²) in [6.45, 7) is 7.71. The van der Waals surface area contributed by atoms with Gasteiger partial charge in [0.2, 0.25) is 0 Å². The van der Waals surface area contributed by atoms with E-state index in [4.69, 9.17) is 9.47 Å². The first-order chi connectivity index (χ1) is 11.7. The molecule has 24 heavy (non-hydrogen) atoms. The minimum absolute atomic E-state index is 0.234. The molecule has 2 aliphatic rings. The molecule has 1 heterocycles. The Balaban J connectivity index is 1.44. The average Bonchev–Trinajstić information content (AvgIpc) is 3.36. The molecule has 2 fully saturated rings. The first-order valence-electron chi connectivity index (χ1n) is 9.29. The predicted molar refractivity (Wildman–Crippen MR) is 94.0 cm³/mol. The highest BCUT2D eigenvalue weighted by Gasteiger charge is 2.27. The number of esters is 1. The van der Waals surface area contributed by atoms with Crippen molar-refractivity contribution in [1.82, 2.24) is 4.90 Å². The summed E-state index contributed by atoms with van der Waals surface area (Å²) in [6.07, 6.45) is 4.78. The lowest BCUT2D eigenvalue weighted by molar-refractivity contribution is 0.0341. The second-order valence-corrected chi connectivity index (χ2v) is 7.09. The molecular formula is C20H29NO3. The van der Waals surface area contributed by atoms with Crippen LogP contribution in [0.2, 0.25) is 0 Å². The van der Waals surface area contributed by atoms with Crippen LogP contribution in [0.5, 0.6) is 0 Å². The van der Waals surface area contributed by atoms with Gasteiger partial charge in [-0.05, 0) is 49.4 Å². The Morgan fingerprint density at radius 1 is 1.25 bits per heavy atom. The molecule has 0 spiro atoms. The minimum atomic E-state index is -0.234. The Bertz CT molecular complexity index is 538. The zero-order valence-electron chi connectivity index (χ0n) is 14.9. The number of ether oxygens (including phenoxy) is 2. The summed E-state index contributed by atoms with van der Waals surface area (Å²) >= 11 is 0. The molecule has 1 aromatic rings. The van der Waals surface area contributed by atoms with E-state index < -0.39 is 0 Å². The number of nitrogens with zero attached hydrogens (tertiary/aromatic N) is 1. The molecule has 3 rings (SSSR count). The number of carbonyl (C=O) groups is 1. The van der Waals surface area contributed by atoms with Crippen molar-refractivity contribution < 1.29 is 14.3 Å². The first-order valence-corrected chi connectivity index (χ1v) is 9.29. The monoisotopic (exact) mass is 331 g/mol. The van der Waals surface area contributed by atoms with Crippen molar-refractivity contribution in [2.45, 2.75) is 58.2 Å². The highest BCUT2D eigenvalue weighted by Crippen LogP contribution is 2.28. The van der Waals surface area contributed by atoms with Gasteiger partial charge in [-0.1, -0.05) is 26.0 Å². The SMILES string of the molecule is CCN(Cc1ccc(C(=O)OCCC2OCCC2C)cc1)C1CC1. The maximum Gasteiger partial charge on any atom is 0.338 e. The largest absolute Gasteiger partial charge is 0.462 e. The summed E-state index contributed by atoms with van der Waals surface area (Å²) in [4.78, 5) is 14.6. The van der Waals surface area contributed by atoms with Gasteiger partial charge in [-0.25, -0.2) is 4.79 Å². The van der Waals surface area contributed by atoms with Crippen molar-refractivity contribution in [3.05, 3.63) is 35.4 Å². The van der Waals surface area contributed by atoms with E-state index in [2.05, 4.69) is 18.7 Å². The van der Waals surface area contributed by atoms with Gasteiger partial charge in [-0.3, -0.25) is 4.90 Å². The minimum Gasteiger partial charge on any atom is -0.462 e. The first kappa shape index (κ1) is 17.4. The fourth-order valence-electron chi connectivity index (χ4n) is 3.39. The summed E-state index contributed by atoms with van der Waals surface area (Å²) in [5.74, 6) is 0.331. The molecule has 2 unspecified atom stereocenters. The van der Waals surface area contributed by atoms with E-state index in [0.717, 1.165) is 38.6 Å². The molecule has 1 aliphatic carbocycles. The smallest absolute Gasteiger partial charge is 0.338 e. The molecule has 1 aromatic carbocycles. The molecule has 0 amide bonds. The van der Waals surface area contributed by atoms with Gasteiger partial charge in [0.15, 0.2) is 0 Å². The van der Waals surface area contributed by atoms with E-state index in [0.29, 0.717) is 18.1 Å². The zero-order valence-corrected chi connectivity index (χ0v) is 14.9. The molecule has 0 aromatic heterocycles. The zero-order chi connectivity index (χ0) is 16.9. The van der Waals surface area contributed by atoms with Crippen molar-refractivity contribution in [3.8, 4) is 0 Å². The van der Waals surface area contributed by atoms with Crippen LogP contribution in [-0.4, -0.2) is 42.8 Å². The van der Waals surface area contributed by atoms with Gasteiger partial charge >= 0.3 is 5.97 Å². The topological polar surface area (TPSA) is 38.8 Å². The molecule has 1 saturated heterocycles. The van der Waals surface area contributed by atoms with Gasteiger partial charge in [-0.15, -0.1) is 0 Å². The Kier molecular flexibility index (Phi) is 5.90. The lowest BCUT2D eigenvalue weighted by atomic mass is 10.0. The van der Waals surface area contributed by atoms with Crippen molar-refractivity contribution in [2.24, 2.45) is 5.92 Å². The Morgan fingerprint density at radius 3 is 2.58 bits per heavy atom. The molecule has 2 atom stereocenters. The third-order valence-corrected chi connectivity index (χ3v) is 5.22. The molecule has 0 N–H and O–H groups in total. The second-order valence-electron chi connectivity index (χ2n) is 7.09. The van der Waals surface area contributed by atoms with Gasteiger partial charge in [0.05, 0.1) is 18.3 Å². The van der Waals surface area contributed by atoms with E-state index in [1.54, 1.807) is 0 Å². The fourth-order valence-corrected chi connectivity index (χ4v) is 3.39. The summed E-state index contributed by atoms with van der Waals surface area (Å²) in [5, 5.41) is 0. The van der Waals surface area contributed by atoms with Crippen LogP contribution in [0.3, 0.4) is 0 Å². The molecule has 1 saturated carbocycles. The maximum atomic E-state index is 12.1. The van der Waals surface area contributed by atoms with Crippen molar-refractivity contribution in [3.63, 3.8) is 0 Å². The highest BCUT2D eigenvalue weighted by molar-refractivity contribution is 5.89. The Hall–Kier alpha value is -1.39. The van der Waals surface area contributed by atoms with E-state index in [-0.39, 0.29) is 12.1 Å². The standard InChI is InChI=1S/C20H29NO3/c1-3-21(18-8-9-18)14-16-4-6-17(7-5-16)20(22)24-13-11-19-15(2)10-12-23-19/h4-7,15,18-19H,3,8-14H2,1-2H3. The molecule has 4 heteroatoms. The molecule has 0 radical (unpaired) electrons. The average molecular weight is 331 g/mol. The third kappa shape index (κ3) is 4.58. The van der Waals surface area contributed by atoms with E-state index in [9.17, 15) is 4.79 Å². The van der Waals surface area contributed by atoms with Gasteiger partial charge in [0.1, 0.15) is 0 Å². The fraction of sp³-hybridized carbons (Fsp3) is 0.650. The van der Waals surface area contributed by atoms with Crippen molar-refractivity contribution >= 4 is 5.97 Å². The van der Waals surface area contributed by atoms with Crippen molar-refractivity contribution in [1.29, 1.82) is 0 Å². The lowest BCUT2D eigenvalue weighted by Gasteiger charge is -2.19. The summed E-state index contributed by atoms with van der Waals surface area (Å²) in [5.41, 5.74) is 1.89. The van der Waals surface area contributed by atoms with Gasteiger partial charge in [0.25, 0.3) is 0 Å². The maximum absolute atomic E-state index is 12.1. The third-order valence-electron chi connectivity index (χ3n) is 5.22. The quantitative estimate of drug-likeness (QED) is 0.682. The lowest BCUT2D eigenvalue weighted by Crippen LogP contribution is -2.25. The number of rotatable bonds is 8. The second kappa shape index (κ2) is 8.13. The van der Waals surface area contributed by atoms with E-state index in [1.807, 2.05) is 24.3 Å². The van der Waals surface area contributed by atoms with Crippen LogP contribution >= 0.6 is 0 Å². The summed E-state index contributed by atoms with van der Waals surface area (Å²) in [7, 11) is 0. The van der Waals surface area contributed by atoms with E-state index >= 15 is 0 Å². The van der Waals surface area contributed by atoms with Crippen molar-refractivity contribution in [2.75, 3.05) is 19.8 Å². The normalized spacial score (nSPS) is 23.6.